The van der Waals surface area contributed by atoms with E-state index in [1.807, 2.05) is 19.2 Å². The number of ether oxygens (including phenoxy) is 1. The number of fused-ring (bicyclic) bond motifs is 1. The van der Waals surface area contributed by atoms with Gasteiger partial charge in [0.2, 0.25) is 0 Å². The maximum absolute atomic E-state index is 6.28. The third-order valence-electron chi connectivity index (χ3n) is 4.58. The number of aromatic nitrogens is 2. The number of hydrogen-bond donors (Lipinski definition) is 2. The molecule has 0 radical (unpaired) electrons. The number of nitrogens with one attached hydrogen (secondary N) is 1. The molecule has 0 saturated heterocycles. The summed E-state index contributed by atoms with van der Waals surface area (Å²) in [6.07, 6.45) is 3.24. The topological polar surface area (TPSA) is 73.1 Å². The van der Waals surface area contributed by atoms with Crippen molar-refractivity contribution in [2.24, 2.45) is 0 Å². The predicted molar refractivity (Wildman–Crippen MR) is 108 cm³/mol. The second kappa shape index (κ2) is 7.35. The number of rotatable bonds is 4. The molecule has 1 aliphatic heterocycles. The number of nitrogen functional groups attached to an aromatic ring is 1. The lowest BCUT2D eigenvalue weighted by Gasteiger charge is -2.18. The van der Waals surface area contributed by atoms with Crippen LogP contribution in [0.3, 0.4) is 0 Å². The van der Waals surface area contributed by atoms with Crippen molar-refractivity contribution < 1.29 is 4.74 Å². The summed E-state index contributed by atoms with van der Waals surface area (Å²) in [6, 6.07) is 9.28. The van der Waals surface area contributed by atoms with Crippen LogP contribution in [-0.2, 0) is 13.1 Å². The molecule has 0 spiro atoms. The first-order valence-electron chi connectivity index (χ1n) is 8.57. The van der Waals surface area contributed by atoms with E-state index in [4.69, 9.17) is 33.7 Å². The van der Waals surface area contributed by atoms with E-state index in [2.05, 4.69) is 21.4 Å². The van der Waals surface area contributed by atoms with Crippen LogP contribution < -0.4 is 15.8 Å². The summed E-state index contributed by atoms with van der Waals surface area (Å²) in [5.74, 6) is 0.814. The summed E-state index contributed by atoms with van der Waals surface area (Å²) in [4.78, 5) is 8.81. The fourth-order valence-electron chi connectivity index (χ4n) is 3.11. The molecule has 2 aromatic heterocycles. The molecule has 0 saturated carbocycles. The highest BCUT2D eigenvalue weighted by Crippen LogP contribution is 2.34. The lowest BCUT2D eigenvalue weighted by molar-refractivity contribution is 0.228. The molecular formula is C20H18Cl2N4O. The summed E-state index contributed by atoms with van der Waals surface area (Å²) in [6.45, 7) is 3.53. The van der Waals surface area contributed by atoms with Crippen LogP contribution in [0.25, 0.3) is 11.1 Å². The first kappa shape index (κ1) is 18.0. The second-order valence-electron chi connectivity index (χ2n) is 6.47. The Morgan fingerprint density at radius 3 is 2.70 bits per heavy atom. The maximum atomic E-state index is 6.28. The molecule has 0 aliphatic carbocycles. The molecule has 27 heavy (non-hydrogen) atoms. The maximum Gasteiger partial charge on any atom is 0.166 e. The fourth-order valence-corrected chi connectivity index (χ4v) is 3.56. The van der Waals surface area contributed by atoms with Crippen LogP contribution >= 0.6 is 23.2 Å². The third-order valence-corrected chi connectivity index (χ3v) is 5.16. The molecule has 1 aromatic carbocycles. The van der Waals surface area contributed by atoms with Gasteiger partial charge in [-0.15, -0.1) is 0 Å². The van der Waals surface area contributed by atoms with Crippen LogP contribution in [-0.4, -0.2) is 9.97 Å². The molecule has 1 aliphatic rings. The van der Waals surface area contributed by atoms with Gasteiger partial charge in [0.15, 0.2) is 11.6 Å². The van der Waals surface area contributed by atoms with Crippen molar-refractivity contribution in [3.8, 4) is 16.9 Å². The smallest absolute Gasteiger partial charge is 0.166 e. The lowest BCUT2D eigenvalue weighted by Crippen LogP contribution is -2.07. The van der Waals surface area contributed by atoms with Crippen molar-refractivity contribution in [1.82, 2.24) is 15.3 Å². The van der Waals surface area contributed by atoms with E-state index in [-0.39, 0.29) is 6.10 Å². The number of anilines is 1. The number of benzene rings is 1. The van der Waals surface area contributed by atoms with Crippen molar-refractivity contribution >= 4 is 29.0 Å². The summed E-state index contributed by atoms with van der Waals surface area (Å²) >= 11 is 12.4. The highest BCUT2D eigenvalue weighted by molar-refractivity contribution is 6.33. The van der Waals surface area contributed by atoms with Gasteiger partial charge in [-0.3, -0.25) is 4.98 Å². The van der Waals surface area contributed by atoms with Gasteiger partial charge >= 0.3 is 0 Å². The molecule has 7 heteroatoms. The number of nitrogens with zero attached hydrogens (tertiary/aromatic N) is 2. The van der Waals surface area contributed by atoms with E-state index in [1.165, 1.54) is 5.56 Å². The highest BCUT2D eigenvalue weighted by atomic mass is 35.5. The molecule has 0 bridgehead atoms. The van der Waals surface area contributed by atoms with Gasteiger partial charge in [0.25, 0.3) is 0 Å². The first-order valence-corrected chi connectivity index (χ1v) is 9.33. The Kier molecular flexibility index (Phi) is 4.91. The molecule has 3 heterocycles. The minimum atomic E-state index is -0.335. The summed E-state index contributed by atoms with van der Waals surface area (Å²) in [5.41, 5.74) is 11.0. The van der Waals surface area contributed by atoms with Crippen molar-refractivity contribution in [1.29, 1.82) is 0 Å². The minimum Gasteiger partial charge on any atom is -0.482 e. The molecule has 1 unspecified atom stereocenters. The van der Waals surface area contributed by atoms with Gasteiger partial charge < -0.3 is 15.8 Å². The summed E-state index contributed by atoms with van der Waals surface area (Å²) in [7, 11) is 0. The monoisotopic (exact) mass is 400 g/mol. The molecule has 4 rings (SSSR count). The first-order chi connectivity index (χ1) is 13.0. The van der Waals surface area contributed by atoms with Crippen LogP contribution in [0.1, 0.15) is 29.8 Å². The van der Waals surface area contributed by atoms with Gasteiger partial charge in [-0.05, 0) is 42.8 Å². The largest absolute Gasteiger partial charge is 0.482 e. The molecule has 3 N–H and O–H groups in total. The minimum absolute atomic E-state index is 0.319. The molecular weight excluding hydrogens is 383 g/mol. The van der Waals surface area contributed by atoms with Crippen LogP contribution in [0.15, 0.2) is 42.7 Å². The number of pyridine rings is 2. The van der Waals surface area contributed by atoms with Gasteiger partial charge in [-0.2, -0.15) is 0 Å². The zero-order valence-corrected chi connectivity index (χ0v) is 16.2. The fraction of sp³-hybridized carbons (Fsp3) is 0.200. The summed E-state index contributed by atoms with van der Waals surface area (Å²) in [5, 5.41) is 4.48. The molecule has 138 valence electrons. The molecule has 1 atom stereocenters. The molecule has 0 fully saturated rings. The van der Waals surface area contributed by atoms with Crippen LogP contribution in [0.5, 0.6) is 5.75 Å². The van der Waals surface area contributed by atoms with Gasteiger partial charge in [0.1, 0.15) is 6.10 Å². The second-order valence-corrected chi connectivity index (χ2v) is 7.31. The number of halogens is 2. The van der Waals surface area contributed by atoms with Crippen molar-refractivity contribution in [3.63, 3.8) is 0 Å². The van der Waals surface area contributed by atoms with Crippen LogP contribution in [0.4, 0.5) is 5.82 Å². The quantitative estimate of drug-likeness (QED) is 0.659. The van der Waals surface area contributed by atoms with E-state index < -0.39 is 0 Å². The number of hydrogen-bond acceptors (Lipinski definition) is 5. The standard InChI is InChI=1S/C20H18Cl2N4O/c1-11(16-6-15(21)2-3-17(16)22)27-19-5-13(9-26-20(19)23)12-4-14-7-24-10-18(14)25-8-12/h2-6,8-9,11,24H,7,10H2,1H3,(H2,23,26). The Bertz CT molecular complexity index is 1010. The zero-order valence-electron chi connectivity index (χ0n) is 14.7. The number of nitrogens with two attached hydrogens (primary N) is 1. The van der Waals surface area contributed by atoms with E-state index in [9.17, 15) is 0 Å². The van der Waals surface area contributed by atoms with Gasteiger partial charge in [-0.1, -0.05) is 23.2 Å². The Morgan fingerprint density at radius 1 is 1.07 bits per heavy atom. The molecule has 0 amide bonds. The average molecular weight is 401 g/mol. The average Bonchev–Trinajstić information content (AvgIpc) is 3.13. The molecule has 5 nitrogen and oxygen atoms in total. The van der Waals surface area contributed by atoms with E-state index in [1.54, 1.807) is 24.4 Å². The SMILES string of the molecule is CC(Oc1cc(-c2cnc3c(c2)CNC3)cnc1N)c1cc(Cl)ccc1Cl. The normalized spacial score (nSPS) is 14.0. The van der Waals surface area contributed by atoms with Gasteiger partial charge in [0.05, 0.1) is 5.69 Å². The van der Waals surface area contributed by atoms with Crippen LogP contribution in [0, 0.1) is 0 Å². The molecule has 3 aromatic rings. The van der Waals surface area contributed by atoms with Gasteiger partial charge in [-0.25, -0.2) is 4.98 Å². The Balaban J connectivity index is 1.64. The van der Waals surface area contributed by atoms with Crippen molar-refractivity contribution in [2.75, 3.05) is 5.73 Å². The summed E-state index contributed by atoms with van der Waals surface area (Å²) < 4.78 is 6.06. The van der Waals surface area contributed by atoms with Crippen molar-refractivity contribution in [2.45, 2.75) is 26.1 Å². The third kappa shape index (κ3) is 3.72. The zero-order chi connectivity index (χ0) is 19.0. The Morgan fingerprint density at radius 2 is 1.85 bits per heavy atom. The van der Waals surface area contributed by atoms with E-state index >= 15 is 0 Å². The van der Waals surface area contributed by atoms with E-state index in [0.717, 1.165) is 35.5 Å². The highest BCUT2D eigenvalue weighted by Gasteiger charge is 2.16. The van der Waals surface area contributed by atoms with E-state index in [0.29, 0.717) is 21.6 Å². The lowest BCUT2D eigenvalue weighted by atomic mass is 10.1. The predicted octanol–water partition coefficient (Wildman–Crippen LogP) is 4.78. The Hall–Kier alpha value is -2.34. The van der Waals surface area contributed by atoms with Crippen molar-refractivity contribution in [3.05, 3.63) is 69.6 Å². The van der Waals surface area contributed by atoms with Crippen LogP contribution in [0.2, 0.25) is 10.0 Å². The Labute approximate surface area is 167 Å². The van der Waals surface area contributed by atoms with Gasteiger partial charge in [0, 0.05) is 52.2 Å².